The number of nitrogens with zero attached hydrogens (tertiary/aromatic N) is 4. The van der Waals surface area contributed by atoms with Crippen molar-refractivity contribution in [2.45, 2.75) is 13.0 Å². The molecule has 0 fully saturated rings. The molecule has 31 heavy (non-hydrogen) atoms. The highest BCUT2D eigenvalue weighted by atomic mass is 79.9. The molecule has 0 saturated carbocycles. The molecule has 0 unspecified atom stereocenters. The first-order valence-electron chi connectivity index (χ1n) is 9.38. The summed E-state index contributed by atoms with van der Waals surface area (Å²) in [6, 6.07) is 11.3. The summed E-state index contributed by atoms with van der Waals surface area (Å²) in [4.78, 5) is 22.9. The molecular weight excluding hydrogens is 487 g/mol. The number of anilines is 2. The van der Waals surface area contributed by atoms with Crippen molar-refractivity contribution in [3.05, 3.63) is 80.9 Å². The molecule has 7 nitrogen and oxygen atoms in total. The largest absolute Gasteiger partial charge is 0.340 e. The molecule has 2 aromatic carbocycles. The van der Waals surface area contributed by atoms with Crippen molar-refractivity contribution in [3.63, 3.8) is 0 Å². The van der Waals surface area contributed by atoms with E-state index in [0.29, 0.717) is 30.9 Å². The summed E-state index contributed by atoms with van der Waals surface area (Å²) in [5.41, 5.74) is 5.62. The Kier molecular flexibility index (Phi) is 6.43. The van der Waals surface area contributed by atoms with E-state index in [4.69, 9.17) is 11.6 Å². The van der Waals surface area contributed by atoms with E-state index in [-0.39, 0.29) is 11.1 Å². The van der Waals surface area contributed by atoms with Gasteiger partial charge in [0, 0.05) is 34.3 Å². The number of nitrogens with one attached hydrogen (secondary N) is 2. The lowest BCUT2D eigenvalue weighted by Crippen LogP contribution is -2.41. The number of fused-ring (bicyclic) bond motifs is 1. The summed E-state index contributed by atoms with van der Waals surface area (Å²) in [5, 5.41) is 7.44. The summed E-state index contributed by atoms with van der Waals surface area (Å²) in [5.74, 6) is 0.217. The van der Waals surface area contributed by atoms with Crippen LogP contribution in [0.5, 0.6) is 0 Å². The van der Waals surface area contributed by atoms with Gasteiger partial charge in [0.2, 0.25) is 0 Å². The van der Waals surface area contributed by atoms with Crippen molar-refractivity contribution in [1.29, 1.82) is 0 Å². The maximum absolute atomic E-state index is 13.1. The van der Waals surface area contributed by atoms with Gasteiger partial charge in [-0.05, 0) is 36.4 Å². The van der Waals surface area contributed by atoms with E-state index >= 15 is 0 Å². The average Bonchev–Trinajstić information content (AvgIpc) is 2.75. The first-order valence-corrected chi connectivity index (χ1v) is 10.5. The zero-order valence-corrected chi connectivity index (χ0v) is 18.5. The fraction of sp³-hybridized carbons (Fsp3) is 0.143. The lowest BCUT2D eigenvalue weighted by atomic mass is 10.1. The molecule has 1 aliphatic rings. The fourth-order valence-corrected chi connectivity index (χ4v) is 3.77. The third-order valence-corrected chi connectivity index (χ3v) is 5.52. The summed E-state index contributed by atoms with van der Waals surface area (Å²) in [6.45, 7) is 0.837. The molecule has 1 aliphatic heterocycles. The van der Waals surface area contributed by atoms with E-state index in [0.717, 1.165) is 21.4 Å². The van der Waals surface area contributed by atoms with Gasteiger partial charge in [0.1, 0.15) is 18.0 Å². The number of rotatable bonds is 4. The monoisotopic (exact) mass is 502 g/mol. The zero-order valence-electron chi connectivity index (χ0n) is 16.1. The number of benzene rings is 2. The van der Waals surface area contributed by atoms with Gasteiger partial charge in [0.15, 0.2) is 0 Å². The maximum atomic E-state index is 13.1. The van der Waals surface area contributed by atoms with E-state index in [1.165, 1.54) is 30.7 Å². The number of hydrazone groups is 1. The highest BCUT2D eigenvalue weighted by molar-refractivity contribution is 9.10. The molecule has 10 heteroatoms. The van der Waals surface area contributed by atoms with Crippen molar-refractivity contribution in [2.75, 3.05) is 11.9 Å². The highest BCUT2D eigenvalue weighted by Gasteiger charge is 2.24. The number of hydrogen-bond acceptors (Lipinski definition) is 5. The van der Waals surface area contributed by atoms with E-state index < -0.39 is 5.82 Å². The molecule has 0 saturated heterocycles. The van der Waals surface area contributed by atoms with E-state index in [1.54, 1.807) is 4.90 Å². The van der Waals surface area contributed by atoms with Gasteiger partial charge < -0.3 is 10.2 Å². The molecule has 1 aromatic heterocycles. The van der Waals surface area contributed by atoms with Crippen molar-refractivity contribution in [3.8, 4) is 0 Å². The lowest BCUT2D eigenvalue weighted by Gasteiger charge is -2.28. The molecule has 2 heterocycles. The second kappa shape index (κ2) is 9.40. The number of urea groups is 1. The summed E-state index contributed by atoms with van der Waals surface area (Å²) in [7, 11) is 0. The molecule has 3 aromatic rings. The number of aromatic nitrogens is 2. The Labute approximate surface area is 191 Å². The predicted molar refractivity (Wildman–Crippen MR) is 121 cm³/mol. The van der Waals surface area contributed by atoms with Crippen molar-refractivity contribution in [2.24, 2.45) is 5.10 Å². The van der Waals surface area contributed by atoms with Crippen LogP contribution >= 0.6 is 27.5 Å². The Hall–Kier alpha value is -3.04. The lowest BCUT2D eigenvalue weighted by molar-refractivity contribution is 0.192. The van der Waals surface area contributed by atoms with Crippen LogP contribution in [0.1, 0.15) is 16.8 Å². The SMILES string of the molecule is O=C(N/N=C/c1ccc(F)cc1Cl)N1CCc2ncnc(Nc3cccc(Br)c3)c2C1. The second-order valence-electron chi connectivity index (χ2n) is 6.80. The number of carbonyl (C=O) groups excluding carboxylic acids is 1. The number of carbonyl (C=O) groups is 1. The Morgan fingerprint density at radius 1 is 1.26 bits per heavy atom. The Balaban J connectivity index is 1.45. The Morgan fingerprint density at radius 3 is 2.94 bits per heavy atom. The second-order valence-corrected chi connectivity index (χ2v) is 8.12. The molecule has 0 radical (unpaired) electrons. The van der Waals surface area contributed by atoms with E-state index in [9.17, 15) is 9.18 Å². The van der Waals surface area contributed by atoms with Gasteiger partial charge in [-0.1, -0.05) is 33.6 Å². The summed E-state index contributed by atoms with van der Waals surface area (Å²) >= 11 is 9.42. The van der Waals surface area contributed by atoms with Crippen molar-refractivity contribution in [1.82, 2.24) is 20.3 Å². The van der Waals surface area contributed by atoms with Gasteiger partial charge in [-0.3, -0.25) is 0 Å². The molecule has 2 N–H and O–H groups in total. The zero-order chi connectivity index (χ0) is 21.8. The van der Waals surface area contributed by atoms with Crippen LogP contribution in [-0.2, 0) is 13.0 Å². The minimum atomic E-state index is -0.437. The fourth-order valence-electron chi connectivity index (χ4n) is 3.16. The van der Waals surface area contributed by atoms with Gasteiger partial charge in [-0.2, -0.15) is 5.10 Å². The summed E-state index contributed by atoms with van der Waals surface area (Å²) in [6.07, 6.45) is 3.50. The van der Waals surface area contributed by atoms with E-state index in [2.05, 4.69) is 41.7 Å². The first kappa shape index (κ1) is 21.2. The third-order valence-electron chi connectivity index (χ3n) is 4.70. The van der Waals surface area contributed by atoms with Crippen LogP contribution in [0.4, 0.5) is 20.7 Å². The van der Waals surface area contributed by atoms with E-state index in [1.807, 2.05) is 24.3 Å². The normalized spacial score (nSPS) is 13.2. The predicted octanol–water partition coefficient (Wildman–Crippen LogP) is 4.88. The van der Waals surface area contributed by atoms with Crippen LogP contribution in [0, 0.1) is 5.82 Å². The van der Waals surface area contributed by atoms with Crippen molar-refractivity contribution >= 4 is 51.3 Å². The van der Waals surface area contributed by atoms with Gasteiger partial charge in [0.25, 0.3) is 0 Å². The highest BCUT2D eigenvalue weighted by Crippen LogP contribution is 2.26. The number of amides is 2. The summed E-state index contributed by atoms with van der Waals surface area (Å²) < 4.78 is 14.1. The molecule has 2 amide bonds. The number of hydrogen-bond donors (Lipinski definition) is 2. The smallest absolute Gasteiger partial charge is 0.338 e. The van der Waals surface area contributed by atoms with Crippen LogP contribution in [-0.4, -0.2) is 33.7 Å². The van der Waals surface area contributed by atoms with Gasteiger partial charge in [-0.25, -0.2) is 24.6 Å². The topological polar surface area (TPSA) is 82.5 Å². The molecular formula is C21H17BrClFN6O. The number of halogens is 3. The van der Waals surface area contributed by atoms with Crippen LogP contribution in [0.3, 0.4) is 0 Å². The van der Waals surface area contributed by atoms with Crippen LogP contribution in [0.2, 0.25) is 5.02 Å². The van der Waals surface area contributed by atoms with Gasteiger partial charge >= 0.3 is 6.03 Å². The standard InChI is InChI=1S/C21H17BrClFN6O/c22-14-2-1-3-16(8-14)28-20-17-11-30(7-6-19(17)25-12-26-20)21(31)29-27-10-13-4-5-15(24)9-18(13)23/h1-5,8-10,12H,6-7,11H2,(H,29,31)(H,25,26,28)/b27-10+. The minimum absolute atomic E-state index is 0.213. The van der Waals surface area contributed by atoms with Gasteiger partial charge in [0.05, 0.1) is 23.5 Å². The Bertz CT molecular complexity index is 1160. The Morgan fingerprint density at radius 2 is 2.13 bits per heavy atom. The molecule has 158 valence electrons. The molecule has 0 bridgehead atoms. The maximum Gasteiger partial charge on any atom is 0.338 e. The molecule has 0 atom stereocenters. The van der Waals surface area contributed by atoms with Crippen LogP contribution < -0.4 is 10.7 Å². The van der Waals surface area contributed by atoms with Crippen molar-refractivity contribution < 1.29 is 9.18 Å². The van der Waals surface area contributed by atoms with Crippen LogP contribution in [0.25, 0.3) is 0 Å². The quantitative estimate of drug-likeness (QED) is 0.393. The van der Waals surface area contributed by atoms with Gasteiger partial charge in [-0.15, -0.1) is 0 Å². The average molecular weight is 504 g/mol. The first-order chi connectivity index (χ1) is 15.0. The van der Waals surface area contributed by atoms with Crippen LogP contribution in [0.15, 0.2) is 58.4 Å². The minimum Gasteiger partial charge on any atom is -0.340 e. The molecule has 0 aliphatic carbocycles. The molecule has 4 rings (SSSR count). The third kappa shape index (κ3) is 5.18. The molecule has 0 spiro atoms.